The Hall–Kier alpha value is 0.140. The van der Waals surface area contributed by atoms with Crippen LogP contribution >= 0.6 is 27.3 Å². The Morgan fingerprint density at radius 3 is 2.73 bits per heavy atom. The lowest BCUT2D eigenvalue weighted by Gasteiger charge is -2.05. The molecule has 1 nitrogen and oxygen atoms in total. The van der Waals surface area contributed by atoms with E-state index in [1.807, 2.05) is 0 Å². The normalized spacial score (nSPS) is 13.5. The highest BCUT2D eigenvalue weighted by Crippen LogP contribution is 2.32. The minimum Gasteiger partial charge on any atom is -0.330 e. The molecule has 62 valence electrons. The number of halogens is 1. The van der Waals surface area contributed by atoms with Crippen molar-refractivity contribution >= 4 is 27.3 Å². The average molecular weight is 234 g/mol. The zero-order valence-electron chi connectivity index (χ0n) is 6.73. The zero-order chi connectivity index (χ0) is 8.43. The van der Waals surface area contributed by atoms with E-state index in [1.165, 1.54) is 14.2 Å². The van der Waals surface area contributed by atoms with Gasteiger partial charge in [0.05, 0.1) is 3.79 Å². The van der Waals surface area contributed by atoms with Crippen molar-refractivity contribution in [2.24, 2.45) is 5.73 Å². The Morgan fingerprint density at radius 1 is 1.73 bits per heavy atom. The molecule has 0 saturated heterocycles. The lowest BCUT2D eigenvalue weighted by atomic mass is 10.1. The van der Waals surface area contributed by atoms with Crippen LogP contribution in [0.2, 0.25) is 0 Å². The van der Waals surface area contributed by atoms with E-state index >= 15 is 0 Å². The van der Waals surface area contributed by atoms with Gasteiger partial charge >= 0.3 is 0 Å². The van der Waals surface area contributed by atoms with Crippen molar-refractivity contribution in [3.8, 4) is 0 Å². The van der Waals surface area contributed by atoms with Crippen LogP contribution in [0.15, 0.2) is 9.85 Å². The molecule has 0 aliphatic rings. The van der Waals surface area contributed by atoms with Crippen LogP contribution in [0.1, 0.15) is 23.3 Å². The molecule has 0 radical (unpaired) electrons. The smallest absolute Gasteiger partial charge is 0.0736 e. The molecule has 0 fully saturated rings. The number of aryl methyl sites for hydroxylation is 1. The summed E-state index contributed by atoms with van der Waals surface area (Å²) in [5, 5.41) is 0. The standard InChI is InChI=1S/C8H12BrNS/c1-5(4-10)7-3-6(2)11-8(7)9/h3,5H,4,10H2,1-2H3. The average Bonchev–Trinajstić information content (AvgIpc) is 2.28. The fraction of sp³-hybridized carbons (Fsp3) is 0.500. The molecule has 0 spiro atoms. The topological polar surface area (TPSA) is 26.0 Å². The summed E-state index contributed by atoms with van der Waals surface area (Å²) in [7, 11) is 0. The van der Waals surface area contributed by atoms with Gasteiger partial charge in [-0.2, -0.15) is 0 Å². The minimum atomic E-state index is 0.467. The van der Waals surface area contributed by atoms with Gasteiger partial charge in [-0.05, 0) is 46.9 Å². The summed E-state index contributed by atoms with van der Waals surface area (Å²) in [5.74, 6) is 0.467. The molecule has 0 amide bonds. The number of thiophene rings is 1. The maximum atomic E-state index is 5.57. The predicted molar refractivity (Wildman–Crippen MR) is 54.2 cm³/mol. The zero-order valence-corrected chi connectivity index (χ0v) is 9.13. The molecule has 1 rings (SSSR count). The summed E-state index contributed by atoms with van der Waals surface area (Å²) in [6, 6.07) is 2.20. The van der Waals surface area contributed by atoms with Gasteiger partial charge in [-0.3, -0.25) is 0 Å². The van der Waals surface area contributed by atoms with Crippen LogP contribution in [-0.2, 0) is 0 Å². The van der Waals surface area contributed by atoms with E-state index < -0.39 is 0 Å². The molecule has 0 saturated carbocycles. The Balaban J connectivity index is 2.93. The van der Waals surface area contributed by atoms with Crippen LogP contribution in [-0.4, -0.2) is 6.54 Å². The van der Waals surface area contributed by atoms with E-state index in [2.05, 4.69) is 35.8 Å². The molecular formula is C8H12BrNS. The molecule has 0 bridgehead atoms. The maximum Gasteiger partial charge on any atom is 0.0736 e. The predicted octanol–water partition coefficient (Wildman–Crippen LogP) is 2.88. The van der Waals surface area contributed by atoms with E-state index in [1.54, 1.807) is 11.3 Å². The Kier molecular flexibility index (Phi) is 3.10. The van der Waals surface area contributed by atoms with Crippen LogP contribution in [0.5, 0.6) is 0 Å². The second-order valence-electron chi connectivity index (χ2n) is 2.72. The van der Waals surface area contributed by atoms with Gasteiger partial charge in [-0.25, -0.2) is 0 Å². The van der Waals surface area contributed by atoms with E-state index in [-0.39, 0.29) is 0 Å². The molecule has 0 aromatic carbocycles. The van der Waals surface area contributed by atoms with Gasteiger partial charge in [0, 0.05) is 4.88 Å². The van der Waals surface area contributed by atoms with Crippen molar-refractivity contribution in [3.05, 3.63) is 20.3 Å². The highest BCUT2D eigenvalue weighted by molar-refractivity contribution is 9.11. The second kappa shape index (κ2) is 3.70. The maximum absolute atomic E-state index is 5.57. The van der Waals surface area contributed by atoms with Crippen LogP contribution in [0.25, 0.3) is 0 Å². The van der Waals surface area contributed by atoms with Gasteiger partial charge in [0.15, 0.2) is 0 Å². The molecule has 11 heavy (non-hydrogen) atoms. The molecule has 1 aromatic rings. The summed E-state index contributed by atoms with van der Waals surface area (Å²) in [6.07, 6.45) is 0. The first kappa shape index (κ1) is 9.23. The fourth-order valence-corrected chi connectivity index (χ4v) is 3.09. The van der Waals surface area contributed by atoms with Crippen molar-refractivity contribution in [1.82, 2.24) is 0 Å². The van der Waals surface area contributed by atoms with Crippen molar-refractivity contribution < 1.29 is 0 Å². The summed E-state index contributed by atoms with van der Waals surface area (Å²) >= 11 is 5.30. The molecule has 2 N–H and O–H groups in total. The third-order valence-corrected chi connectivity index (χ3v) is 3.52. The number of hydrogen-bond acceptors (Lipinski definition) is 2. The third-order valence-electron chi connectivity index (χ3n) is 1.72. The van der Waals surface area contributed by atoms with Gasteiger partial charge in [0.25, 0.3) is 0 Å². The minimum absolute atomic E-state index is 0.467. The summed E-state index contributed by atoms with van der Waals surface area (Å²) in [4.78, 5) is 1.34. The van der Waals surface area contributed by atoms with Crippen LogP contribution in [0.4, 0.5) is 0 Å². The van der Waals surface area contributed by atoms with Gasteiger partial charge in [0.2, 0.25) is 0 Å². The highest BCUT2D eigenvalue weighted by atomic mass is 79.9. The van der Waals surface area contributed by atoms with Crippen LogP contribution in [0, 0.1) is 6.92 Å². The molecule has 1 unspecified atom stereocenters. The lowest BCUT2D eigenvalue weighted by molar-refractivity contribution is 0.774. The highest BCUT2D eigenvalue weighted by Gasteiger charge is 2.09. The van der Waals surface area contributed by atoms with Crippen molar-refractivity contribution in [2.75, 3.05) is 6.54 Å². The largest absolute Gasteiger partial charge is 0.330 e. The Bertz CT molecular complexity index is 244. The number of hydrogen-bond donors (Lipinski definition) is 1. The number of rotatable bonds is 2. The molecule has 0 aliphatic heterocycles. The second-order valence-corrected chi connectivity index (χ2v) is 5.30. The lowest BCUT2D eigenvalue weighted by Crippen LogP contribution is -2.08. The van der Waals surface area contributed by atoms with E-state index in [0.717, 1.165) is 6.54 Å². The molecule has 1 heterocycles. The van der Waals surface area contributed by atoms with E-state index in [9.17, 15) is 0 Å². The first-order valence-electron chi connectivity index (χ1n) is 3.61. The van der Waals surface area contributed by atoms with Gasteiger partial charge < -0.3 is 5.73 Å². The Morgan fingerprint density at radius 2 is 2.36 bits per heavy atom. The number of nitrogens with two attached hydrogens (primary N) is 1. The van der Waals surface area contributed by atoms with Crippen molar-refractivity contribution in [2.45, 2.75) is 19.8 Å². The van der Waals surface area contributed by atoms with E-state index in [0.29, 0.717) is 5.92 Å². The van der Waals surface area contributed by atoms with Crippen molar-refractivity contribution in [3.63, 3.8) is 0 Å². The quantitative estimate of drug-likeness (QED) is 0.836. The Labute approximate surface area is 79.7 Å². The van der Waals surface area contributed by atoms with Gasteiger partial charge in [0.1, 0.15) is 0 Å². The summed E-state index contributed by atoms with van der Waals surface area (Å²) in [5.41, 5.74) is 6.91. The molecule has 1 aromatic heterocycles. The fourth-order valence-electron chi connectivity index (χ4n) is 0.968. The SMILES string of the molecule is Cc1cc(C(C)CN)c(Br)s1. The molecule has 1 atom stereocenters. The van der Waals surface area contributed by atoms with Crippen LogP contribution in [0.3, 0.4) is 0 Å². The molecule has 3 heteroatoms. The van der Waals surface area contributed by atoms with Crippen molar-refractivity contribution in [1.29, 1.82) is 0 Å². The van der Waals surface area contributed by atoms with Gasteiger partial charge in [-0.15, -0.1) is 11.3 Å². The third kappa shape index (κ3) is 2.04. The summed E-state index contributed by atoms with van der Waals surface area (Å²) in [6.45, 7) is 4.98. The molecule has 0 aliphatic carbocycles. The van der Waals surface area contributed by atoms with Crippen LogP contribution < -0.4 is 5.73 Å². The monoisotopic (exact) mass is 233 g/mol. The first-order valence-corrected chi connectivity index (χ1v) is 5.22. The van der Waals surface area contributed by atoms with E-state index in [4.69, 9.17) is 5.73 Å². The van der Waals surface area contributed by atoms with Gasteiger partial charge in [-0.1, -0.05) is 6.92 Å². The first-order chi connectivity index (χ1) is 5.15. The summed E-state index contributed by atoms with van der Waals surface area (Å²) < 4.78 is 1.23. The molecular weight excluding hydrogens is 222 g/mol.